The van der Waals surface area contributed by atoms with Crippen LogP contribution in [-0.4, -0.2) is 61.3 Å². The smallest absolute Gasteiger partial charge is 0.237 e. The van der Waals surface area contributed by atoms with Crippen LogP contribution in [0.5, 0.6) is 5.75 Å². The summed E-state index contributed by atoms with van der Waals surface area (Å²) < 4.78 is 5.27. The molecule has 6 nitrogen and oxygen atoms in total. The molecule has 1 heterocycles. The monoisotopic (exact) mass is 293 g/mol. The second kappa shape index (κ2) is 7.97. The van der Waals surface area contributed by atoms with Crippen molar-refractivity contribution in [3.63, 3.8) is 0 Å². The predicted octanol–water partition coefficient (Wildman–Crippen LogP) is -0.290. The van der Waals surface area contributed by atoms with Crippen LogP contribution in [0.15, 0.2) is 24.3 Å². The van der Waals surface area contributed by atoms with E-state index < -0.39 is 6.04 Å². The maximum Gasteiger partial charge on any atom is 0.237 e. The Balaban J connectivity index is 1.68. The minimum atomic E-state index is -0.570. The van der Waals surface area contributed by atoms with Crippen LogP contribution in [0.2, 0.25) is 0 Å². The van der Waals surface area contributed by atoms with Crippen molar-refractivity contribution < 1.29 is 14.6 Å². The second-order valence-electron chi connectivity index (χ2n) is 5.22. The first-order chi connectivity index (χ1) is 10.1. The summed E-state index contributed by atoms with van der Waals surface area (Å²) >= 11 is 0. The van der Waals surface area contributed by atoms with Gasteiger partial charge >= 0.3 is 0 Å². The van der Waals surface area contributed by atoms with Crippen molar-refractivity contribution in [2.45, 2.75) is 12.5 Å². The minimum absolute atomic E-state index is 0.142. The lowest BCUT2D eigenvalue weighted by molar-refractivity contribution is -0.122. The van der Waals surface area contributed by atoms with Crippen molar-refractivity contribution in [2.75, 3.05) is 39.4 Å². The molecule has 1 amide bonds. The van der Waals surface area contributed by atoms with Crippen LogP contribution in [0.25, 0.3) is 0 Å². The molecule has 21 heavy (non-hydrogen) atoms. The number of nitrogens with zero attached hydrogens (tertiary/aromatic N) is 1. The number of aromatic hydroxyl groups is 1. The molecule has 6 heteroatoms. The molecule has 2 rings (SSSR count). The highest BCUT2D eigenvalue weighted by atomic mass is 16.5. The molecule has 1 aliphatic heterocycles. The quantitative estimate of drug-likeness (QED) is 0.671. The molecule has 4 N–H and O–H groups in total. The Labute approximate surface area is 124 Å². The Morgan fingerprint density at radius 1 is 1.33 bits per heavy atom. The Bertz CT molecular complexity index is 444. The van der Waals surface area contributed by atoms with E-state index in [9.17, 15) is 9.90 Å². The Hall–Kier alpha value is -1.63. The molecule has 0 bridgehead atoms. The van der Waals surface area contributed by atoms with Gasteiger partial charge in [-0.1, -0.05) is 12.1 Å². The number of nitrogens with one attached hydrogen (secondary N) is 1. The number of benzene rings is 1. The zero-order chi connectivity index (χ0) is 15.1. The van der Waals surface area contributed by atoms with E-state index in [1.807, 2.05) is 0 Å². The van der Waals surface area contributed by atoms with Gasteiger partial charge in [-0.3, -0.25) is 9.69 Å². The van der Waals surface area contributed by atoms with Gasteiger partial charge in [0.2, 0.25) is 5.91 Å². The fraction of sp³-hybridized carbons (Fsp3) is 0.533. The highest BCUT2D eigenvalue weighted by Crippen LogP contribution is 2.10. The molecule has 116 valence electrons. The number of phenols is 1. The molecule has 0 aromatic heterocycles. The van der Waals surface area contributed by atoms with E-state index >= 15 is 0 Å². The van der Waals surface area contributed by atoms with Gasteiger partial charge < -0.3 is 20.9 Å². The van der Waals surface area contributed by atoms with E-state index in [0.717, 1.165) is 38.4 Å². The first-order valence-electron chi connectivity index (χ1n) is 7.26. The van der Waals surface area contributed by atoms with Crippen LogP contribution in [0.3, 0.4) is 0 Å². The number of hydrogen-bond acceptors (Lipinski definition) is 5. The molecule has 0 aliphatic carbocycles. The number of rotatable bonds is 6. The van der Waals surface area contributed by atoms with Crippen LogP contribution in [0.1, 0.15) is 5.56 Å². The van der Waals surface area contributed by atoms with Gasteiger partial charge in [-0.15, -0.1) is 0 Å². The number of hydrogen-bond donors (Lipinski definition) is 3. The number of carbonyl (C=O) groups is 1. The normalized spacial score (nSPS) is 17.4. The van der Waals surface area contributed by atoms with Crippen LogP contribution in [0, 0.1) is 0 Å². The van der Waals surface area contributed by atoms with E-state index in [-0.39, 0.29) is 11.7 Å². The lowest BCUT2D eigenvalue weighted by Gasteiger charge is -2.26. The molecule has 0 saturated carbocycles. The Morgan fingerprint density at radius 3 is 2.67 bits per heavy atom. The molecule has 1 fully saturated rings. The first-order valence-corrected chi connectivity index (χ1v) is 7.26. The zero-order valence-electron chi connectivity index (χ0n) is 12.1. The largest absolute Gasteiger partial charge is 0.508 e. The summed E-state index contributed by atoms with van der Waals surface area (Å²) in [6.07, 6.45) is 0.462. The topological polar surface area (TPSA) is 87.8 Å². The molecule has 1 aliphatic rings. The molecule has 0 unspecified atom stereocenters. The van der Waals surface area contributed by atoms with Crippen LogP contribution in [0.4, 0.5) is 0 Å². The summed E-state index contributed by atoms with van der Waals surface area (Å²) in [6.45, 7) is 4.76. The molecule has 1 atom stereocenters. The Kier molecular flexibility index (Phi) is 5.98. The van der Waals surface area contributed by atoms with Crippen LogP contribution in [-0.2, 0) is 16.0 Å². The molecule has 1 saturated heterocycles. The molecule has 0 spiro atoms. The standard InChI is InChI=1S/C15H23N3O3/c16-14(11-12-1-3-13(19)4-2-12)15(20)17-5-6-18-7-9-21-10-8-18/h1-4,14,19H,5-11,16H2,(H,17,20)/t14-/m0/s1. The van der Waals surface area contributed by atoms with Gasteiger partial charge in [0.15, 0.2) is 0 Å². The summed E-state index contributed by atoms with van der Waals surface area (Å²) in [5.74, 6) is 0.0682. The van der Waals surface area contributed by atoms with E-state index in [0.29, 0.717) is 13.0 Å². The number of nitrogens with two attached hydrogens (primary N) is 1. The van der Waals surface area contributed by atoms with Gasteiger partial charge in [0.25, 0.3) is 0 Å². The molecule has 0 radical (unpaired) electrons. The number of phenolic OH excluding ortho intramolecular Hbond substituents is 1. The maximum atomic E-state index is 11.9. The van der Waals surface area contributed by atoms with E-state index in [2.05, 4.69) is 10.2 Å². The first kappa shape index (κ1) is 15.8. The third-order valence-electron chi connectivity index (χ3n) is 3.56. The van der Waals surface area contributed by atoms with E-state index in [1.165, 1.54) is 0 Å². The van der Waals surface area contributed by atoms with E-state index in [1.54, 1.807) is 24.3 Å². The highest BCUT2D eigenvalue weighted by molar-refractivity contribution is 5.81. The van der Waals surface area contributed by atoms with Crippen molar-refractivity contribution in [3.05, 3.63) is 29.8 Å². The third-order valence-corrected chi connectivity index (χ3v) is 3.56. The van der Waals surface area contributed by atoms with Crippen molar-refractivity contribution >= 4 is 5.91 Å². The minimum Gasteiger partial charge on any atom is -0.508 e. The second-order valence-corrected chi connectivity index (χ2v) is 5.22. The lowest BCUT2D eigenvalue weighted by atomic mass is 10.1. The molecule has 1 aromatic rings. The average Bonchev–Trinajstić information content (AvgIpc) is 2.50. The summed E-state index contributed by atoms with van der Waals surface area (Å²) in [5, 5.41) is 12.1. The van der Waals surface area contributed by atoms with Gasteiger partial charge in [0.05, 0.1) is 19.3 Å². The SMILES string of the molecule is N[C@@H](Cc1ccc(O)cc1)C(=O)NCCN1CCOCC1. The van der Waals surface area contributed by atoms with E-state index in [4.69, 9.17) is 10.5 Å². The fourth-order valence-electron chi connectivity index (χ4n) is 2.27. The maximum absolute atomic E-state index is 11.9. The summed E-state index contributed by atoms with van der Waals surface area (Å²) in [7, 11) is 0. The average molecular weight is 293 g/mol. The molecule has 1 aromatic carbocycles. The van der Waals surface area contributed by atoms with Crippen LogP contribution < -0.4 is 11.1 Å². The number of amides is 1. The van der Waals surface area contributed by atoms with Crippen molar-refractivity contribution in [1.82, 2.24) is 10.2 Å². The van der Waals surface area contributed by atoms with Gasteiger partial charge in [-0.05, 0) is 24.1 Å². The lowest BCUT2D eigenvalue weighted by Crippen LogP contribution is -2.46. The summed E-state index contributed by atoms with van der Waals surface area (Å²) in [5.41, 5.74) is 6.83. The van der Waals surface area contributed by atoms with Crippen molar-refractivity contribution in [3.8, 4) is 5.75 Å². The molecular weight excluding hydrogens is 270 g/mol. The Morgan fingerprint density at radius 2 is 2.00 bits per heavy atom. The highest BCUT2D eigenvalue weighted by Gasteiger charge is 2.15. The van der Waals surface area contributed by atoms with Gasteiger partial charge in [0, 0.05) is 26.2 Å². The number of morpholine rings is 1. The number of ether oxygens (including phenoxy) is 1. The van der Waals surface area contributed by atoms with Crippen LogP contribution >= 0.6 is 0 Å². The number of carbonyl (C=O) groups excluding carboxylic acids is 1. The summed E-state index contributed by atoms with van der Waals surface area (Å²) in [6, 6.07) is 6.17. The fourth-order valence-corrected chi connectivity index (χ4v) is 2.27. The third kappa shape index (κ3) is 5.34. The van der Waals surface area contributed by atoms with Crippen molar-refractivity contribution in [1.29, 1.82) is 0 Å². The van der Waals surface area contributed by atoms with Crippen molar-refractivity contribution in [2.24, 2.45) is 5.73 Å². The van der Waals surface area contributed by atoms with Gasteiger partial charge in [-0.2, -0.15) is 0 Å². The summed E-state index contributed by atoms with van der Waals surface area (Å²) in [4.78, 5) is 14.2. The molecular formula is C15H23N3O3. The predicted molar refractivity (Wildman–Crippen MR) is 80.1 cm³/mol. The zero-order valence-corrected chi connectivity index (χ0v) is 12.1. The van der Waals surface area contributed by atoms with Gasteiger partial charge in [0.1, 0.15) is 5.75 Å². The van der Waals surface area contributed by atoms with Gasteiger partial charge in [-0.25, -0.2) is 0 Å².